The molecule has 0 radical (unpaired) electrons. The van der Waals surface area contributed by atoms with Gasteiger partial charge in [-0.3, -0.25) is 9.59 Å². The molecule has 6 nitrogen and oxygen atoms in total. The van der Waals surface area contributed by atoms with Crippen molar-refractivity contribution in [3.8, 4) is 16.9 Å². The SMILES string of the molecule is CC(=O)Nc1ccc(CNC(=O)c2cn(-c3ccccc3)nc2-c2ccccc2C)cc1. The first kappa shape index (κ1) is 21.1. The highest BCUT2D eigenvalue weighted by atomic mass is 16.2. The number of amides is 2. The Hall–Kier alpha value is -4.19. The summed E-state index contributed by atoms with van der Waals surface area (Å²) in [5.41, 5.74) is 5.66. The van der Waals surface area contributed by atoms with E-state index in [1.54, 1.807) is 10.9 Å². The molecule has 1 aromatic heterocycles. The van der Waals surface area contributed by atoms with Gasteiger partial charge in [0.2, 0.25) is 5.91 Å². The molecule has 0 spiro atoms. The van der Waals surface area contributed by atoms with E-state index in [1.165, 1.54) is 6.92 Å². The van der Waals surface area contributed by atoms with E-state index in [4.69, 9.17) is 5.10 Å². The van der Waals surface area contributed by atoms with Crippen molar-refractivity contribution in [1.29, 1.82) is 0 Å². The number of benzene rings is 3. The number of carbonyl (C=O) groups excluding carboxylic acids is 2. The van der Waals surface area contributed by atoms with Crippen LogP contribution in [0.1, 0.15) is 28.4 Å². The maximum absolute atomic E-state index is 13.2. The summed E-state index contributed by atoms with van der Waals surface area (Å²) < 4.78 is 1.74. The van der Waals surface area contributed by atoms with Crippen LogP contribution in [0.4, 0.5) is 5.69 Å². The first-order chi connectivity index (χ1) is 15.5. The predicted octanol–water partition coefficient (Wildman–Crippen LogP) is 4.74. The van der Waals surface area contributed by atoms with Gasteiger partial charge in [-0.15, -0.1) is 0 Å². The Morgan fingerprint density at radius 1 is 0.906 bits per heavy atom. The van der Waals surface area contributed by atoms with Gasteiger partial charge in [-0.25, -0.2) is 4.68 Å². The van der Waals surface area contributed by atoms with Crippen molar-refractivity contribution in [2.24, 2.45) is 0 Å². The van der Waals surface area contributed by atoms with Gasteiger partial charge in [0.1, 0.15) is 5.69 Å². The Labute approximate surface area is 186 Å². The van der Waals surface area contributed by atoms with E-state index in [9.17, 15) is 9.59 Å². The molecule has 0 saturated heterocycles. The van der Waals surface area contributed by atoms with Gasteiger partial charge in [0.15, 0.2) is 0 Å². The normalized spacial score (nSPS) is 10.6. The molecule has 4 aromatic rings. The summed E-state index contributed by atoms with van der Waals surface area (Å²) in [6.45, 7) is 3.84. The molecule has 0 unspecified atom stereocenters. The summed E-state index contributed by atoms with van der Waals surface area (Å²) in [4.78, 5) is 24.3. The Balaban J connectivity index is 1.60. The van der Waals surface area contributed by atoms with E-state index in [1.807, 2.05) is 85.8 Å². The average molecular weight is 425 g/mol. The molecule has 6 heteroatoms. The Bertz CT molecular complexity index is 1240. The Morgan fingerprint density at radius 3 is 2.28 bits per heavy atom. The Morgan fingerprint density at radius 2 is 1.59 bits per heavy atom. The standard InChI is InChI=1S/C26H24N4O2/c1-18-8-6-7-11-23(18)25-24(17-30(29-25)22-9-4-3-5-10-22)26(32)27-16-20-12-14-21(15-13-20)28-19(2)31/h3-15,17H,16H2,1-2H3,(H,27,32)(H,28,31). The largest absolute Gasteiger partial charge is 0.348 e. The van der Waals surface area contributed by atoms with Gasteiger partial charge >= 0.3 is 0 Å². The summed E-state index contributed by atoms with van der Waals surface area (Å²) in [6, 6.07) is 25.0. The summed E-state index contributed by atoms with van der Waals surface area (Å²) in [5, 5.41) is 10.5. The fourth-order valence-corrected chi connectivity index (χ4v) is 3.48. The van der Waals surface area contributed by atoms with E-state index >= 15 is 0 Å². The number of aromatic nitrogens is 2. The molecule has 0 fully saturated rings. The van der Waals surface area contributed by atoms with Crippen LogP contribution in [0.15, 0.2) is 85.1 Å². The summed E-state index contributed by atoms with van der Waals surface area (Å²) in [7, 11) is 0. The minimum atomic E-state index is -0.198. The van der Waals surface area contributed by atoms with Crippen LogP contribution in [0.5, 0.6) is 0 Å². The summed E-state index contributed by atoms with van der Waals surface area (Å²) in [6.07, 6.45) is 1.77. The lowest BCUT2D eigenvalue weighted by atomic mass is 10.0. The van der Waals surface area contributed by atoms with Crippen LogP contribution in [0.25, 0.3) is 16.9 Å². The van der Waals surface area contributed by atoms with E-state index in [-0.39, 0.29) is 11.8 Å². The lowest BCUT2D eigenvalue weighted by Crippen LogP contribution is -2.23. The van der Waals surface area contributed by atoms with Crippen LogP contribution >= 0.6 is 0 Å². The Kier molecular flexibility index (Phi) is 6.12. The number of aryl methyl sites for hydroxylation is 1. The maximum atomic E-state index is 13.2. The van der Waals surface area contributed by atoms with Crippen LogP contribution in [-0.4, -0.2) is 21.6 Å². The van der Waals surface area contributed by atoms with Gasteiger partial charge < -0.3 is 10.6 Å². The van der Waals surface area contributed by atoms with E-state index < -0.39 is 0 Å². The highest BCUT2D eigenvalue weighted by molar-refractivity contribution is 6.00. The van der Waals surface area contributed by atoms with Crippen LogP contribution < -0.4 is 10.6 Å². The summed E-state index contributed by atoms with van der Waals surface area (Å²) in [5.74, 6) is -0.318. The van der Waals surface area contributed by atoms with Gasteiger partial charge in [0.25, 0.3) is 5.91 Å². The molecule has 0 aliphatic carbocycles. The van der Waals surface area contributed by atoms with E-state index in [0.717, 1.165) is 28.1 Å². The highest BCUT2D eigenvalue weighted by Gasteiger charge is 2.19. The van der Waals surface area contributed by atoms with Crippen molar-refractivity contribution in [1.82, 2.24) is 15.1 Å². The molecule has 3 aromatic carbocycles. The fourth-order valence-electron chi connectivity index (χ4n) is 3.48. The van der Waals surface area contributed by atoms with Gasteiger partial charge in [0.05, 0.1) is 11.3 Å². The predicted molar refractivity (Wildman–Crippen MR) is 126 cm³/mol. The first-order valence-corrected chi connectivity index (χ1v) is 10.4. The zero-order chi connectivity index (χ0) is 22.5. The lowest BCUT2D eigenvalue weighted by molar-refractivity contribution is -0.114. The third-order valence-electron chi connectivity index (χ3n) is 5.11. The van der Waals surface area contributed by atoms with Crippen molar-refractivity contribution in [2.45, 2.75) is 20.4 Å². The number of anilines is 1. The second-order valence-corrected chi connectivity index (χ2v) is 7.55. The van der Waals surface area contributed by atoms with Crippen molar-refractivity contribution in [2.75, 3.05) is 5.32 Å². The van der Waals surface area contributed by atoms with Gasteiger partial charge in [-0.1, -0.05) is 54.6 Å². The van der Waals surface area contributed by atoms with E-state index in [0.29, 0.717) is 17.8 Å². The van der Waals surface area contributed by atoms with Gasteiger partial charge in [-0.05, 0) is 42.3 Å². The average Bonchev–Trinajstić information content (AvgIpc) is 3.24. The van der Waals surface area contributed by atoms with Gasteiger partial charge in [0, 0.05) is 30.9 Å². The monoisotopic (exact) mass is 424 g/mol. The molecule has 0 saturated carbocycles. The molecule has 2 N–H and O–H groups in total. The summed E-state index contributed by atoms with van der Waals surface area (Å²) >= 11 is 0. The number of para-hydroxylation sites is 1. The number of carbonyl (C=O) groups is 2. The maximum Gasteiger partial charge on any atom is 0.255 e. The minimum Gasteiger partial charge on any atom is -0.348 e. The molecule has 4 rings (SSSR count). The smallest absolute Gasteiger partial charge is 0.255 e. The second-order valence-electron chi connectivity index (χ2n) is 7.55. The highest BCUT2D eigenvalue weighted by Crippen LogP contribution is 2.26. The van der Waals surface area contributed by atoms with Crippen LogP contribution in [0.2, 0.25) is 0 Å². The fraction of sp³-hybridized carbons (Fsp3) is 0.115. The molecule has 0 aliphatic rings. The number of nitrogens with one attached hydrogen (secondary N) is 2. The molecule has 1 heterocycles. The zero-order valence-corrected chi connectivity index (χ0v) is 18.0. The van der Waals surface area contributed by atoms with Gasteiger partial charge in [-0.2, -0.15) is 5.10 Å². The topological polar surface area (TPSA) is 76.0 Å². The van der Waals surface area contributed by atoms with Crippen LogP contribution in [0.3, 0.4) is 0 Å². The molecule has 0 aliphatic heterocycles. The van der Waals surface area contributed by atoms with E-state index in [2.05, 4.69) is 10.6 Å². The minimum absolute atomic E-state index is 0.120. The number of hydrogen-bond acceptors (Lipinski definition) is 3. The number of hydrogen-bond donors (Lipinski definition) is 2. The third kappa shape index (κ3) is 4.75. The zero-order valence-electron chi connectivity index (χ0n) is 18.0. The molecule has 0 bridgehead atoms. The number of rotatable bonds is 6. The molecular weight excluding hydrogens is 400 g/mol. The molecule has 160 valence electrons. The molecule has 32 heavy (non-hydrogen) atoms. The molecule has 0 atom stereocenters. The first-order valence-electron chi connectivity index (χ1n) is 10.4. The van der Waals surface area contributed by atoms with Crippen molar-refractivity contribution in [3.63, 3.8) is 0 Å². The van der Waals surface area contributed by atoms with Crippen LogP contribution in [0, 0.1) is 6.92 Å². The molecule has 2 amide bonds. The lowest BCUT2D eigenvalue weighted by Gasteiger charge is -2.08. The number of nitrogens with zero attached hydrogens (tertiary/aromatic N) is 2. The van der Waals surface area contributed by atoms with Crippen molar-refractivity contribution in [3.05, 3.63) is 102 Å². The van der Waals surface area contributed by atoms with Crippen molar-refractivity contribution < 1.29 is 9.59 Å². The third-order valence-corrected chi connectivity index (χ3v) is 5.11. The molecular formula is C26H24N4O2. The van der Waals surface area contributed by atoms with Crippen molar-refractivity contribution >= 4 is 17.5 Å². The quantitative estimate of drug-likeness (QED) is 0.470. The van der Waals surface area contributed by atoms with Crippen LogP contribution in [-0.2, 0) is 11.3 Å². The second kappa shape index (κ2) is 9.31.